The van der Waals surface area contributed by atoms with E-state index in [2.05, 4.69) is 20.5 Å². The van der Waals surface area contributed by atoms with Gasteiger partial charge in [0.2, 0.25) is 0 Å². The Morgan fingerprint density at radius 2 is 2.09 bits per heavy atom. The molecule has 1 aromatic carbocycles. The minimum absolute atomic E-state index is 0.0803. The first-order chi connectivity index (χ1) is 10.5. The van der Waals surface area contributed by atoms with Crippen LogP contribution >= 0.6 is 0 Å². The van der Waals surface area contributed by atoms with Crippen LogP contribution in [0.4, 0.5) is 11.5 Å². The number of rotatable bonds is 4. The van der Waals surface area contributed by atoms with E-state index in [-0.39, 0.29) is 11.3 Å². The van der Waals surface area contributed by atoms with Gasteiger partial charge < -0.3 is 16.1 Å². The molecule has 0 fully saturated rings. The number of pyridine rings is 1. The second-order valence-corrected chi connectivity index (χ2v) is 5.33. The summed E-state index contributed by atoms with van der Waals surface area (Å²) >= 11 is 0. The van der Waals surface area contributed by atoms with Gasteiger partial charge in [0.05, 0.1) is 5.41 Å². The summed E-state index contributed by atoms with van der Waals surface area (Å²) in [5, 5.41) is 10.1. The van der Waals surface area contributed by atoms with Crippen LogP contribution in [-0.4, -0.2) is 10.8 Å². The molecule has 0 unspecified atom stereocenters. The first-order valence-corrected chi connectivity index (χ1v) is 6.69. The molecule has 22 heavy (non-hydrogen) atoms. The van der Waals surface area contributed by atoms with Crippen molar-refractivity contribution in [2.45, 2.75) is 19.3 Å². The third-order valence-corrected chi connectivity index (χ3v) is 3.42. The molecule has 114 valence electrons. The molecule has 5 N–H and O–H groups in total. The third kappa shape index (κ3) is 3.20. The second kappa shape index (κ2) is 6.21. The van der Waals surface area contributed by atoms with Crippen molar-refractivity contribution in [2.75, 3.05) is 5.32 Å². The zero-order chi connectivity index (χ0) is 16.2. The molecule has 0 saturated carbocycles. The van der Waals surface area contributed by atoms with Gasteiger partial charge in [-0.25, -0.2) is 5.53 Å². The van der Waals surface area contributed by atoms with E-state index in [4.69, 9.17) is 11.4 Å². The topological polar surface area (TPSA) is 119 Å². The Balaban J connectivity index is 2.34. The molecule has 2 aromatic rings. The number of nitrogens with zero attached hydrogens (tertiary/aromatic N) is 2. The quantitative estimate of drug-likeness (QED) is 0.228. The van der Waals surface area contributed by atoms with E-state index in [1.54, 1.807) is 6.20 Å². The standard InChI is InChI=1S/C15H18N6O/c1-15(2,14(20-16)21-17)10-4-3-5-11(8-10)19-13-9-12(22)6-7-18-13/h3-9,16H,17H2,1-2H3,(H2,18,19,22). The van der Waals surface area contributed by atoms with Crippen molar-refractivity contribution in [1.29, 1.82) is 5.53 Å². The van der Waals surface area contributed by atoms with Crippen molar-refractivity contribution in [1.82, 2.24) is 4.98 Å². The van der Waals surface area contributed by atoms with Crippen LogP contribution in [0.3, 0.4) is 0 Å². The number of amidine groups is 1. The van der Waals surface area contributed by atoms with Crippen LogP contribution in [0, 0.1) is 5.53 Å². The lowest BCUT2D eigenvalue weighted by molar-refractivity contribution is 0.698. The Hall–Kier alpha value is -2.96. The highest BCUT2D eigenvalue weighted by atomic mass is 16.1. The maximum atomic E-state index is 11.4. The van der Waals surface area contributed by atoms with E-state index < -0.39 is 5.41 Å². The summed E-state index contributed by atoms with van der Waals surface area (Å²) < 4.78 is 0. The number of H-pyrrole nitrogens is 1. The van der Waals surface area contributed by atoms with Crippen molar-refractivity contribution in [3.05, 3.63) is 58.4 Å². The number of hydrogen-bond acceptors (Lipinski definition) is 5. The van der Waals surface area contributed by atoms with Gasteiger partial charge >= 0.3 is 0 Å². The maximum absolute atomic E-state index is 11.4. The highest BCUT2D eigenvalue weighted by Crippen LogP contribution is 2.28. The summed E-state index contributed by atoms with van der Waals surface area (Å²) in [5.41, 5.74) is 8.20. The number of nitrogens with two attached hydrogens (primary N) is 1. The van der Waals surface area contributed by atoms with Crippen molar-refractivity contribution in [3.63, 3.8) is 0 Å². The fraction of sp³-hybridized carbons (Fsp3) is 0.200. The summed E-state index contributed by atoms with van der Waals surface area (Å²) in [7, 11) is 0. The smallest absolute Gasteiger partial charge is 0.183 e. The van der Waals surface area contributed by atoms with Gasteiger partial charge in [0.1, 0.15) is 5.82 Å². The molecule has 0 amide bonds. The van der Waals surface area contributed by atoms with Gasteiger partial charge in [-0.3, -0.25) is 4.79 Å². The molecule has 0 aliphatic heterocycles. The van der Waals surface area contributed by atoms with Gasteiger partial charge in [0.25, 0.3) is 0 Å². The van der Waals surface area contributed by atoms with Crippen LogP contribution in [-0.2, 0) is 5.41 Å². The van der Waals surface area contributed by atoms with Gasteiger partial charge in [-0.15, -0.1) is 5.11 Å². The molecule has 0 saturated heterocycles. The van der Waals surface area contributed by atoms with Crippen molar-refractivity contribution < 1.29 is 0 Å². The summed E-state index contributed by atoms with van der Waals surface area (Å²) in [4.78, 5) is 14.3. The van der Waals surface area contributed by atoms with E-state index >= 15 is 0 Å². The van der Waals surface area contributed by atoms with E-state index in [9.17, 15) is 4.79 Å². The highest BCUT2D eigenvalue weighted by molar-refractivity contribution is 5.92. The summed E-state index contributed by atoms with van der Waals surface area (Å²) in [6, 6.07) is 10.5. The number of hydrogen-bond donors (Lipinski definition) is 4. The number of anilines is 2. The molecular weight excluding hydrogens is 280 g/mol. The first-order valence-electron chi connectivity index (χ1n) is 6.69. The summed E-state index contributed by atoms with van der Waals surface area (Å²) in [6.45, 7) is 3.78. The summed E-state index contributed by atoms with van der Waals surface area (Å²) in [5.74, 6) is 6.14. The highest BCUT2D eigenvalue weighted by Gasteiger charge is 2.28. The normalized spacial score (nSPS) is 12.0. The molecule has 0 aliphatic carbocycles. The zero-order valence-corrected chi connectivity index (χ0v) is 12.4. The van der Waals surface area contributed by atoms with Crippen LogP contribution in [0.15, 0.2) is 57.6 Å². The average Bonchev–Trinajstić information content (AvgIpc) is 2.48. The zero-order valence-electron chi connectivity index (χ0n) is 12.4. The van der Waals surface area contributed by atoms with Crippen molar-refractivity contribution in [2.24, 2.45) is 16.1 Å². The number of aromatic nitrogens is 1. The Labute approximate surface area is 127 Å². The molecule has 7 nitrogen and oxygen atoms in total. The van der Waals surface area contributed by atoms with Crippen LogP contribution in [0.2, 0.25) is 0 Å². The predicted molar refractivity (Wildman–Crippen MR) is 86.6 cm³/mol. The fourth-order valence-corrected chi connectivity index (χ4v) is 2.12. The molecule has 0 bridgehead atoms. The molecule has 1 aromatic heterocycles. The van der Waals surface area contributed by atoms with E-state index in [1.165, 1.54) is 12.1 Å². The van der Waals surface area contributed by atoms with Crippen molar-refractivity contribution in [3.8, 4) is 0 Å². The van der Waals surface area contributed by atoms with Crippen molar-refractivity contribution >= 4 is 17.3 Å². The molecule has 0 spiro atoms. The van der Waals surface area contributed by atoms with Gasteiger partial charge in [0.15, 0.2) is 11.3 Å². The lowest BCUT2D eigenvalue weighted by Crippen LogP contribution is -2.28. The average molecular weight is 298 g/mol. The van der Waals surface area contributed by atoms with E-state index in [0.717, 1.165) is 11.3 Å². The Morgan fingerprint density at radius 3 is 2.73 bits per heavy atom. The fourth-order valence-electron chi connectivity index (χ4n) is 2.12. The van der Waals surface area contributed by atoms with Crippen LogP contribution in [0.5, 0.6) is 0 Å². The van der Waals surface area contributed by atoms with Gasteiger partial charge in [-0.1, -0.05) is 12.1 Å². The minimum Gasteiger partial charge on any atom is -0.348 e. The van der Waals surface area contributed by atoms with E-state index in [0.29, 0.717) is 5.82 Å². The number of benzene rings is 1. The minimum atomic E-state index is -0.599. The van der Waals surface area contributed by atoms with Crippen LogP contribution < -0.4 is 16.6 Å². The molecule has 1 heterocycles. The number of nitrogens with one attached hydrogen (secondary N) is 3. The van der Waals surface area contributed by atoms with Crippen LogP contribution in [0.25, 0.3) is 0 Å². The van der Waals surface area contributed by atoms with Gasteiger partial charge in [-0.05, 0) is 31.5 Å². The maximum Gasteiger partial charge on any atom is 0.183 e. The number of aromatic amines is 1. The van der Waals surface area contributed by atoms with Gasteiger partial charge in [-0.2, -0.15) is 5.10 Å². The third-order valence-electron chi connectivity index (χ3n) is 3.42. The lowest BCUT2D eigenvalue weighted by atomic mass is 9.83. The van der Waals surface area contributed by atoms with Gasteiger partial charge in [0, 0.05) is 24.0 Å². The van der Waals surface area contributed by atoms with Crippen LogP contribution in [0.1, 0.15) is 19.4 Å². The molecule has 0 atom stereocenters. The van der Waals surface area contributed by atoms with E-state index in [1.807, 2.05) is 38.1 Å². The molecule has 0 radical (unpaired) electrons. The molecule has 7 heteroatoms. The number of hydrazone groups is 1. The first kappa shape index (κ1) is 15.4. The Bertz CT molecular complexity index is 762. The second-order valence-electron chi connectivity index (χ2n) is 5.33. The molecular formula is C15H18N6O. The Morgan fingerprint density at radius 1 is 1.32 bits per heavy atom. The lowest BCUT2D eigenvalue weighted by Gasteiger charge is -2.23. The molecule has 0 aliphatic rings. The Kier molecular flexibility index (Phi) is 4.36. The summed E-state index contributed by atoms with van der Waals surface area (Å²) in [6.07, 6.45) is 1.58. The predicted octanol–water partition coefficient (Wildman–Crippen LogP) is 2.70. The SMILES string of the molecule is CC(C)(C(N=N)=NN)c1cccc(Nc2cc(=O)cc[nH]2)c1. The molecule has 2 rings (SSSR count). The largest absolute Gasteiger partial charge is 0.348 e. The monoisotopic (exact) mass is 298 g/mol.